The predicted octanol–water partition coefficient (Wildman–Crippen LogP) is 6.46. The first-order valence-electron chi connectivity index (χ1n) is 9.64. The summed E-state index contributed by atoms with van der Waals surface area (Å²) in [5.74, 6) is -1.46. The van der Waals surface area contributed by atoms with E-state index in [9.17, 15) is 22.0 Å². The molecule has 32 heavy (non-hydrogen) atoms. The van der Waals surface area contributed by atoms with E-state index in [1.807, 2.05) is 0 Å². The lowest BCUT2D eigenvalue weighted by Gasteiger charge is -2.12. The quantitative estimate of drug-likeness (QED) is 0.268. The maximum absolute atomic E-state index is 13.8. The van der Waals surface area contributed by atoms with Crippen LogP contribution >= 0.6 is 0 Å². The van der Waals surface area contributed by atoms with Gasteiger partial charge in [-0.05, 0) is 43.0 Å². The number of aromatic nitrogens is 3. The lowest BCUT2D eigenvalue weighted by Crippen LogP contribution is -2.07. The highest BCUT2D eigenvalue weighted by Crippen LogP contribution is 2.47. The van der Waals surface area contributed by atoms with Gasteiger partial charge in [0.05, 0.1) is 18.7 Å². The first-order valence-corrected chi connectivity index (χ1v) is 9.64. The topological polar surface area (TPSA) is 48.2 Å². The SMILES string of the molecule is [C-]#[N+]c1ccc2c(cc(C3CC3)n2Cc2noc(-c3cc(F)cc(F)c3)n2)c1C(F)(F)F. The Labute approximate surface area is 177 Å². The summed E-state index contributed by atoms with van der Waals surface area (Å²) in [7, 11) is 0. The summed E-state index contributed by atoms with van der Waals surface area (Å²) in [5, 5.41) is 3.78. The van der Waals surface area contributed by atoms with E-state index in [-0.39, 0.29) is 35.1 Å². The molecular formula is C22H13F5N4O. The molecule has 1 aliphatic rings. The molecule has 5 rings (SSSR count). The molecule has 5 nitrogen and oxygen atoms in total. The minimum absolute atomic E-state index is 0.00525. The van der Waals surface area contributed by atoms with Gasteiger partial charge in [0.25, 0.3) is 5.89 Å². The number of fused-ring (bicyclic) bond motifs is 1. The zero-order valence-electron chi connectivity index (χ0n) is 16.2. The van der Waals surface area contributed by atoms with Crippen LogP contribution in [0.15, 0.2) is 40.9 Å². The summed E-state index contributed by atoms with van der Waals surface area (Å²) in [6.07, 6.45) is -3.01. The summed E-state index contributed by atoms with van der Waals surface area (Å²) < 4.78 is 75.1. The Hall–Kier alpha value is -3.74. The van der Waals surface area contributed by atoms with Gasteiger partial charge >= 0.3 is 6.18 Å². The van der Waals surface area contributed by atoms with E-state index in [1.165, 1.54) is 12.1 Å². The van der Waals surface area contributed by atoms with E-state index in [4.69, 9.17) is 11.1 Å². The third-order valence-corrected chi connectivity index (χ3v) is 5.37. The first-order chi connectivity index (χ1) is 15.2. The van der Waals surface area contributed by atoms with Crippen molar-refractivity contribution in [1.82, 2.24) is 14.7 Å². The second kappa shape index (κ2) is 7.15. The van der Waals surface area contributed by atoms with Crippen molar-refractivity contribution in [3.05, 3.63) is 76.5 Å². The van der Waals surface area contributed by atoms with Crippen molar-refractivity contribution in [2.24, 2.45) is 0 Å². The van der Waals surface area contributed by atoms with Crippen molar-refractivity contribution in [1.29, 1.82) is 0 Å². The Kier molecular flexibility index (Phi) is 4.51. The van der Waals surface area contributed by atoms with Gasteiger partial charge in [0.15, 0.2) is 11.5 Å². The highest BCUT2D eigenvalue weighted by atomic mass is 19.4. The van der Waals surface area contributed by atoms with Crippen LogP contribution in [0.1, 0.15) is 35.8 Å². The van der Waals surface area contributed by atoms with Crippen LogP contribution in [0.25, 0.3) is 27.2 Å². The molecule has 10 heteroatoms. The highest BCUT2D eigenvalue weighted by molar-refractivity contribution is 5.90. The smallest absolute Gasteiger partial charge is 0.337 e. The molecule has 1 saturated carbocycles. The summed E-state index contributed by atoms with van der Waals surface area (Å²) in [6, 6.07) is 6.91. The molecule has 0 unspecified atom stereocenters. The summed E-state index contributed by atoms with van der Waals surface area (Å²) in [6.45, 7) is 7.13. The number of benzene rings is 2. The zero-order chi connectivity index (χ0) is 22.6. The third kappa shape index (κ3) is 3.49. The molecule has 2 aromatic carbocycles. The molecule has 0 amide bonds. The van der Waals surface area contributed by atoms with Crippen molar-refractivity contribution >= 4 is 16.6 Å². The summed E-state index contributed by atoms with van der Waals surface area (Å²) in [4.78, 5) is 7.21. The molecule has 2 aromatic heterocycles. The van der Waals surface area contributed by atoms with Gasteiger partial charge < -0.3 is 9.09 Å². The fraction of sp³-hybridized carbons (Fsp3) is 0.227. The number of rotatable bonds is 4. The van der Waals surface area contributed by atoms with Crippen LogP contribution in [0.4, 0.5) is 27.6 Å². The number of halogens is 5. The fourth-order valence-corrected chi connectivity index (χ4v) is 3.88. The van der Waals surface area contributed by atoms with Crippen LogP contribution < -0.4 is 0 Å². The molecule has 0 N–H and O–H groups in total. The van der Waals surface area contributed by atoms with Gasteiger partial charge in [-0.1, -0.05) is 11.2 Å². The normalized spacial score (nSPS) is 14.1. The maximum atomic E-state index is 13.8. The largest absolute Gasteiger partial charge is 0.408 e. The van der Waals surface area contributed by atoms with Crippen LogP contribution in [-0.2, 0) is 12.7 Å². The molecular weight excluding hydrogens is 431 g/mol. The summed E-state index contributed by atoms with van der Waals surface area (Å²) in [5.41, 5.74) is -0.373. The molecule has 2 heterocycles. The molecule has 4 aromatic rings. The maximum Gasteiger partial charge on any atom is 0.408 e. The van der Waals surface area contributed by atoms with Crippen molar-refractivity contribution in [3.63, 3.8) is 0 Å². The van der Waals surface area contributed by atoms with Crippen LogP contribution in [0.5, 0.6) is 0 Å². The van der Waals surface area contributed by atoms with E-state index in [1.54, 1.807) is 4.57 Å². The lowest BCUT2D eigenvalue weighted by molar-refractivity contribution is -0.135. The van der Waals surface area contributed by atoms with E-state index in [2.05, 4.69) is 15.0 Å². The number of alkyl halides is 3. The number of hydrogen-bond acceptors (Lipinski definition) is 3. The second-order valence-corrected chi connectivity index (χ2v) is 7.61. The fourth-order valence-electron chi connectivity index (χ4n) is 3.88. The van der Waals surface area contributed by atoms with Crippen LogP contribution in [0.2, 0.25) is 0 Å². The summed E-state index contributed by atoms with van der Waals surface area (Å²) >= 11 is 0. The van der Waals surface area contributed by atoms with E-state index < -0.39 is 29.1 Å². The highest BCUT2D eigenvalue weighted by Gasteiger charge is 2.38. The Balaban J connectivity index is 1.60. The molecule has 0 radical (unpaired) electrons. The molecule has 1 fully saturated rings. The Morgan fingerprint density at radius 3 is 2.44 bits per heavy atom. The van der Waals surface area contributed by atoms with Crippen LogP contribution in [0, 0.1) is 18.2 Å². The van der Waals surface area contributed by atoms with Gasteiger partial charge in [0, 0.05) is 28.2 Å². The Morgan fingerprint density at radius 2 is 1.81 bits per heavy atom. The monoisotopic (exact) mass is 444 g/mol. The molecule has 1 aliphatic carbocycles. The van der Waals surface area contributed by atoms with Crippen molar-refractivity contribution in [2.45, 2.75) is 31.5 Å². The lowest BCUT2D eigenvalue weighted by atomic mass is 10.1. The minimum atomic E-state index is -4.69. The van der Waals surface area contributed by atoms with Gasteiger partial charge in [-0.2, -0.15) is 18.2 Å². The van der Waals surface area contributed by atoms with Gasteiger partial charge in [-0.15, -0.1) is 0 Å². The van der Waals surface area contributed by atoms with Gasteiger partial charge in [-0.3, -0.25) is 0 Å². The molecule has 0 bridgehead atoms. The molecule has 0 aliphatic heterocycles. The van der Waals surface area contributed by atoms with Crippen LogP contribution in [0.3, 0.4) is 0 Å². The predicted molar refractivity (Wildman–Crippen MR) is 104 cm³/mol. The second-order valence-electron chi connectivity index (χ2n) is 7.61. The molecule has 162 valence electrons. The number of nitrogens with zero attached hydrogens (tertiary/aromatic N) is 4. The van der Waals surface area contributed by atoms with Crippen molar-refractivity contribution < 1.29 is 26.5 Å². The molecule has 0 saturated heterocycles. The van der Waals surface area contributed by atoms with E-state index >= 15 is 0 Å². The van der Waals surface area contributed by atoms with Gasteiger partial charge in [0.1, 0.15) is 11.6 Å². The minimum Gasteiger partial charge on any atom is -0.337 e. The molecule has 0 spiro atoms. The van der Waals surface area contributed by atoms with Gasteiger partial charge in [0.2, 0.25) is 0 Å². The molecule has 0 atom stereocenters. The number of hydrogen-bond donors (Lipinski definition) is 0. The standard InChI is InChI=1S/C22H13F5N4O/c1-28-16-4-5-17-15(20(16)22(25,26)27)9-18(11-2-3-11)31(17)10-19-29-21(32-30-19)12-6-13(23)8-14(24)7-12/h4-9,11H,2-3,10H2. The van der Waals surface area contributed by atoms with Crippen LogP contribution in [-0.4, -0.2) is 14.7 Å². The average molecular weight is 444 g/mol. The zero-order valence-corrected chi connectivity index (χ0v) is 16.2. The van der Waals surface area contributed by atoms with Crippen molar-refractivity contribution in [3.8, 4) is 11.5 Å². The Morgan fingerprint density at radius 1 is 1.09 bits per heavy atom. The third-order valence-electron chi connectivity index (χ3n) is 5.37. The Bertz CT molecular complexity index is 1370. The van der Waals surface area contributed by atoms with Gasteiger partial charge in [-0.25, -0.2) is 13.6 Å². The average Bonchev–Trinajstić information content (AvgIpc) is 3.35. The first kappa shape index (κ1) is 20.2. The van der Waals surface area contributed by atoms with E-state index in [0.29, 0.717) is 17.3 Å². The van der Waals surface area contributed by atoms with Crippen molar-refractivity contribution in [2.75, 3.05) is 0 Å². The van der Waals surface area contributed by atoms with E-state index in [0.717, 1.165) is 31.0 Å².